The minimum atomic E-state index is 0.184. The highest BCUT2D eigenvalue weighted by Crippen LogP contribution is 2.32. The van der Waals surface area contributed by atoms with Crippen molar-refractivity contribution in [3.8, 4) is 0 Å². The van der Waals surface area contributed by atoms with Gasteiger partial charge < -0.3 is 9.47 Å². The van der Waals surface area contributed by atoms with Gasteiger partial charge in [0, 0.05) is 32.7 Å². The van der Waals surface area contributed by atoms with Crippen molar-refractivity contribution in [1.29, 1.82) is 0 Å². The first kappa shape index (κ1) is 13.5. The standard InChI is InChI=1S/C14H23N5O/c1-10(2)19-9-15-16-13(19)8-18-6-11-4-5-17(3)14(20)12(11)7-18/h9-12H,4-8H2,1-3H3/t11-,12+/m1/s1. The molecule has 0 radical (unpaired) electrons. The van der Waals surface area contributed by atoms with Gasteiger partial charge in [0.05, 0.1) is 12.5 Å². The van der Waals surface area contributed by atoms with E-state index in [0.29, 0.717) is 17.9 Å². The lowest BCUT2D eigenvalue weighted by molar-refractivity contribution is -0.137. The van der Waals surface area contributed by atoms with Crippen LogP contribution >= 0.6 is 0 Å². The van der Waals surface area contributed by atoms with E-state index in [2.05, 4.69) is 33.5 Å². The van der Waals surface area contributed by atoms with Gasteiger partial charge in [-0.3, -0.25) is 9.69 Å². The predicted octanol–water partition coefficient (Wildman–Crippen LogP) is 0.769. The molecule has 1 aromatic heterocycles. The zero-order chi connectivity index (χ0) is 14.3. The molecule has 6 nitrogen and oxygen atoms in total. The van der Waals surface area contributed by atoms with E-state index in [0.717, 1.165) is 38.4 Å². The Bertz CT molecular complexity index is 498. The smallest absolute Gasteiger partial charge is 0.227 e. The van der Waals surface area contributed by atoms with Crippen molar-refractivity contribution in [1.82, 2.24) is 24.6 Å². The Labute approximate surface area is 119 Å². The number of fused-ring (bicyclic) bond motifs is 1. The lowest BCUT2D eigenvalue weighted by Gasteiger charge is -2.30. The second-order valence-electron chi connectivity index (χ2n) is 6.36. The van der Waals surface area contributed by atoms with Crippen molar-refractivity contribution in [2.45, 2.75) is 32.9 Å². The number of likely N-dealkylation sites (tertiary alicyclic amines) is 2. The second kappa shape index (κ2) is 5.16. The summed E-state index contributed by atoms with van der Waals surface area (Å²) in [7, 11) is 1.91. The minimum Gasteiger partial charge on any atom is -0.345 e. The largest absolute Gasteiger partial charge is 0.345 e. The number of carbonyl (C=O) groups is 1. The van der Waals surface area contributed by atoms with Crippen LogP contribution < -0.4 is 0 Å². The summed E-state index contributed by atoms with van der Waals surface area (Å²) >= 11 is 0. The van der Waals surface area contributed by atoms with E-state index in [4.69, 9.17) is 0 Å². The Morgan fingerprint density at radius 3 is 2.95 bits per heavy atom. The van der Waals surface area contributed by atoms with Crippen LogP contribution in [0.4, 0.5) is 0 Å². The van der Waals surface area contributed by atoms with E-state index in [1.807, 2.05) is 11.9 Å². The number of nitrogens with zero attached hydrogens (tertiary/aromatic N) is 5. The first-order chi connectivity index (χ1) is 9.56. The van der Waals surface area contributed by atoms with E-state index >= 15 is 0 Å². The van der Waals surface area contributed by atoms with Gasteiger partial charge in [-0.1, -0.05) is 0 Å². The first-order valence-electron chi connectivity index (χ1n) is 7.42. The Morgan fingerprint density at radius 2 is 2.20 bits per heavy atom. The van der Waals surface area contributed by atoms with Gasteiger partial charge in [0.25, 0.3) is 0 Å². The normalized spacial score (nSPS) is 27.4. The van der Waals surface area contributed by atoms with Crippen LogP contribution in [0.3, 0.4) is 0 Å². The third kappa shape index (κ3) is 2.32. The topological polar surface area (TPSA) is 54.3 Å². The van der Waals surface area contributed by atoms with Gasteiger partial charge in [0.2, 0.25) is 5.91 Å². The van der Waals surface area contributed by atoms with Crippen molar-refractivity contribution in [3.05, 3.63) is 12.2 Å². The van der Waals surface area contributed by atoms with E-state index in [1.54, 1.807) is 6.33 Å². The van der Waals surface area contributed by atoms with E-state index < -0.39 is 0 Å². The minimum absolute atomic E-state index is 0.184. The number of hydrogen-bond donors (Lipinski definition) is 0. The second-order valence-corrected chi connectivity index (χ2v) is 6.36. The van der Waals surface area contributed by atoms with Crippen molar-refractivity contribution >= 4 is 5.91 Å². The predicted molar refractivity (Wildman–Crippen MR) is 74.9 cm³/mol. The molecular weight excluding hydrogens is 254 g/mol. The molecular formula is C14H23N5O. The van der Waals surface area contributed by atoms with Crippen LogP contribution in [0.2, 0.25) is 0 Å². The molecule has 0 aliphatic carbocycles. The quantitative estimate of drug-likeness (QED) is 0.819. The Morgan fingerprint density at radius 1 is 1.40 bits per heavy atom. The number of carbonyl (C=O) groups excluding carboxylic acids is 1. The SMILES string of the molecule is CC(C)n1cnnc1CN1C[C@H]2CCN(C)C(=O)[C@H]2C1. The molecule has 0 unspecified atom stereocenters. The fourth-order valence-corrected chi connectivity index (χ4v) is 3.43. The first-order valence-corrected chi connectivity index (χ1v) is 7.42. The molecule has 2 atom stereocenters. The summed E-state index contributed by atoms with van der Waals surface area (Å²) in [5.74, 6) is 2.02. The van der Waals surface area contributed by atoms with E-state index in [-0.39, 0.29) is 5.92 Å². The summed E-state index contributed by atoms with van der Waals surface area (Å²) in [5, 5.41) is 8.24. The monoisotopic (exact) mass is 277 g/mol. The van der Waals surface area contributed by atoms with Crippen LogP contribution in [0.5, 0.6) is 0 Å². The number of amides is 1. The third-order valence-corrected chi connectivity index (χ3v) is 4.61. The zero-order valence-corrected chi connectivity index (χ0v) is 12.5. The molecule has 6 heteroatoms. The molecule has 3 heterocycles. The fraction of sp³-hybridized carbons (Fsp3) is 0.786. The number of aromatic nitrogens is 3. The molecule has 0 N–H and O–H groups in total. The Balaban J connectivity index is 1.68. The number of rotatable bonds is 3. The molecule has 3 rings (SSSR count). The molecule has 110 valence electrons. The maximum atomic E-state index is 12.2. The highest BCUT2D eigenvalue weighted by Gasteiger charge is 2.41. The van der Waals surface area contributed by atoms with Crippen LogP contribution in [0.15, 0.2) is 6.33 Å². The molecule has 2 aliphatic rings. The maximum absolute atomic E-state index is 12.2. The van der Waals surface area contributed by atoms with E-state index in [9.17, 15) is 4.79 Å². The van der Waals surface area contributed by atoms with Gasteiger partial charge in [0.15, 0.2) is 0 Å². The van der Waals surface area contributed by atoms with Gasteiger partial charge >= 0.3 is 0 Å². The summed E-state index contributed by atoms with van der Waals surface area (Å²) in [6.45, 7) is 7.83. The molecule has 0 saturated carbocycles. The Hall–Kier alpha value is -1.43. The summed E-state index contributed by atoms with van der Waals surface area (Å²) in [5.41, 5.74) is 0. The van der Waals surface area contributed by atoms with Crippen LogP contribution in [0, 0.1) is 11.8 Å². The van der Waals surface area contributed by atoms with Gasteiger partial charge in [0.1, 0.15) is 12.2 Å². The zero-order valence-electron chi connectivity index (χ0n) is 12.5. The summed E-state index contributed by atoms with van der Waals surface area (Å²) in [4.78, 5) is 16.4. The summed E-state index contributed by atoms with van der Waals surface area (Å²) < 4.78 is 2.11. The average molecular weight is 277 g/mol. The van der Waals surface area contributed by atoms with Crippen LogP contribution in [0.1, 0.15) is 32.1 Å². The molecule has 0 bridgehead atoms. The molecule has 1 aromatic rings. The molecule has 0 spiro atoms. The number of piperidine rings is 1. The molecule has 0 aromatic carbocycles. The van der Waals surface area contributed by atoms with Gasteiger partial charge in [-0.25, -0.2) is 0 Å². The van der Waals surface area contributed by atoms with Crippen molar-refractivity contribution in [2.75, 3.05) is 26.7 Å². The average Bonchev–Trinajstić information content (AvgIpc) is 3.01. The van der Waals surface area contributed by atoms with Gasteiger partial charge in [-0.2, -0.15) is 0 Å². The maximum Gasteiger partial charge on any atom is 0.227 e. The van der Waals surface area contributed by atoms with Crippen LogP contribution in [-0.2, 0) is 11.3 Å². The van der Waals surface area contributed by atoms with Crippen molar-refractivity contribution in [2.24, 2.45) is 11.8 Å². The Kier molecular flexibility index (Phi) is 3.50. The van der Waals surface area contributed by atoms with Crippen molar-refractivity contribution in [3.63, 3.8) is 0 Å². The lowest BCUT2D eigenvalue weighted by atomic mass is 9.88. The fourth-order valence-electron chi connectivity index (χ4n) is 3.43. The third-order valence-electron chi connectivity index (χ3n) is 4.61. The molecule has 1 amide bonds. The number of hydrogen-bond acceptors (Lipinski definition) is 4. The highest BCUT2D eigenvalue weighted by atomic mass is 16.2. The lowest BCUT2D eigenvalue weighted by Crippen LogP contribution is -2.42. The highest BCUT2D eigenvalue weighted by molar-refractivity contribution is 5.80. The summed E-state index contributed by atoms with van der Waals surface area (Å²) in [6.07, 6.45) is 2.92. The molecule has 20 heavy (non-hydrogen) atoms. The molecule has 2 fully saturated rings. The van der Waals surface area contributed by atoms with Gasteiger partial charge in [-0.05, 0) is 26.2 Å². The summed E-state index contributed by atoms with van der Waals surface area (Å²) in [6, 6.07) is 0.373. The molecule has 2 saturated heterocycles. The van der Waals surface area contributed by atoms with Crippen molar-refractivity contribution < 1.29 is 4.79 Å². The van der Waals surface area contributed by atoms with Crippen LogP contribution in [-0.4, -0.2) is 57.2 Å². The molecule has 2 aliphatic heterocycles. The van der Waals surface area contributed by atoms with Crippen LogP contribution in [0.25, 0.3) is 0 Å². The van der Waals surface area contributed by atoms with Gasteiger partial charge in [-0.15, -0.1) is 10.2 Å². The van der Waals surface area contributed by atoms with E-state index in [1.165, 1.54) is 0 Å².